The molecule has 3 aromatic rings. The van der Waals surface area contributed by atoms with E-state index in [4.69, 9.17) is 28.6 Å². The van der Waals surface area contributed by atoms with Crippen molar-refractivity contribution in [3.05, 3.63) is 104 Å². The van der Waals surface area contributed by atoms with E-state index in [1.54, 1.807) is 48.5 Å². The molecule has 34 heavy (non-hydrogen) atoms. The van der Waals surface area contributed by atoms with Crippen molar-refractivity contribution in [1.82, 2.24) is 4.90 Å². The number of rotatable bonds is 7. The molecule has 5 nitrogen and oxygen atoms in total. The van der Waals surface area contributed by atoms with Gasteiger partial charge in [-0.3, -0.25) is 9.69 Å². The Hall–Kier alpha value is -2.65. The topological polar surface area (TPSA) is 66.8 Å². The fourth-order valence-electron chi connectivity index (χ4n) is 3.42. The molecule has 1 heterocycles. The van der Waals surface area contributed by atoms with Gasteiger partial charge >= 0.3 is 5.97 Å². The van der Waals surface area contributed by atoms with Gasteiger partial charge in [0.15, 0.2) is 6.04 Å². The van der Waals surface area contributed by atoms with E-state index in [0.29, 0.717) is 26.8 Å². The minimum Gasteiger partial charge on any atom is -0.488 e. The highest BCUT2D eigenvalue weighted by atomic mass is 79.9. The second kappa shape index (κ2) is 10.7. The molecule has 1 N–H and O–H groups in total. The van der Waals surface area contributed by atoms with Crippen LogP contribution in [0.25, 0.3) is 6.08 Å². The predicted molar refractivity (Wildman–Crippen MR) is 142 cm³/mol. The summed E-state index contributed by atoms with van der Waals surface area (Å²) in [6, 6.07) is 20.2. The first-order valence-electron chi connectivity index (χ1n) is 10.1. The lowest BCUT2D eigenvalue weighted by atomic mass is 10.1. The predicted octanol–water partition coefficient (Wildman–Crippen LogP) is 6.71. The molecule has 1 aliphatic heterocycles. The molecule has 0 spiro atoms. The summed E-state index contributed by atoms with van der Waals surface area (Å²) in [7, 11) is 0. The molecule has 4 rings (SSSR count). The van der Waals surface area contributed by atoms with E-state index < -0.39 is 17.9 Å². The van der Waals surface area contributed by atoms with Crippen LogP contribution in [0.2, 0.25) is 5.02 Å². The molecular weight excluding hydrogens is 558 g/mol. The van der Waals surface area contributed by atoms with Gasteiger partial charge in [-0.05, 0) is 35.9 Å². The summed E-state index contributed by atoms with van der Waals surface area (Å²) >= 11 is 16.2. The Morgan fingerprint density at radius 3 is 2.56 bits per heavy atom. The molecule has 0 radical (unpaired) electrons. The Morgan fingerprint density at radius 1 is 1.15 bits per heavy atom. The molecule has 0 aliphatic carbocycles. The van der Waals surface area contributed by atoms with Gasteiger partial charge < -0.3 is 9.84 Å². The Balaban J connectivity index is 1.64. The maximum Gasteiger partial charge on any atom is 0.331 e. The molecular formula is C25H17BrClNO4S2. The zero-order valence-electron chi connectivity index (χ0n) is 17.5. The summed E-state index contributed by atoms with van der Waals surface area (Å²) in [4.78, 5) is 26.8. The number of carbonyl (C=O) groups is 2. The number of hydrogen-bond acceptors (Lipinski definition) is 5. The highest BCUT2D eigenvalue weighted by molar-refractivity contribution is 9.10. The lowest BCUT2D eigenvalue weighted by Gasteiger charge is -2.23. The molecule has 1 saturated heterocycles. The third-order valence-corrected chi connectivity index (χ3v) is 7.22. The van der Waals surface area contributed by atoms with E-state index in [9.17, 15) is 14.7 Å². The molecule has 1 atom stereocenters. The van der Waals surface area contributed by atoms with Crippen molar-refractivity contribution < 1.29 is 19.4 Å². The molecule has 1 aliphatic rings. The van der Waals surface area contributed by atoms with Gasteiger partial charge in [0.05, 0.1) is 4.91 Å². The minimum absolute atomic E-state index is 0.182. The van der Waals surface area contributed by atoms with Crippen molar-refractivity contribution in [2.75, 3.05) is 0 Å². The maximum absolute atomic E-state index is 13.3. The van der Waals surface area contributed by atoms with Crippen LogP contribution in [-0.4, -0.2) is 26.2 Å². The molecule has 9 heteroatoms. The zero-order chi connectivity index (χ0) is 24.2. The summed E-state index contributed by atoms with van der Waals surface area (Å²) in [5, 5.41) is 10.5. The number of nitrogens with zero attached hydrogens (tertiary/aromatic N) is 1. The normalized spacial score (nSPS) is 15.6. The lowest BCUT2D eigenvalue weighted by molar-refractivity contribution is -0.145. The third-order valence-electron chi connectivity index (χ3n) is 5.03. The van der Waals surface area contributed by atoms with Crippen LogP contribution in [0.5, 0.6) is 5.75 Å². The quantitative estimate of drug-likeness (QED) is 0.250. The molecule has 0 saturated carbocycles. The molecule has 0 bridgehead atoms. The summed E-state index contributed by atoms with van der Waals surface area (Å²) in [6.45, 7) is 0.248. The Kier molecular flexibility index (Phi) is 7.73. The average Bonchev–Trinajstić information content (AvgIpc) is 3.08. The highest BCUT2D eigenvalue weighted by Gasteiger charge is 2.41. The van der Waals surface area contributed by atoms with Gasteiger partial charge in [0.2, 0.25) is 0 Å². The van der Waals surface area contributed by atoms with Crippen LogP contribution < -0.4 is 4.74 Å². The molecule has 172 valence electrons. The van der Waals surface area contributed by atoms with Gasteiger partial charge in [-0.2, -0.15) is 0 Å². The fraction of sp³-hybridized carbons (Fsp3) is 0.0800. The largest absolute Gasteiger partial charge is 0.488 e. The van der Waals surface area contributed by atoms with Gasteiger partial charge in [-0.1, -0.05) is 100 Å². The maximum atomic E-state index is 13.3. The molecule has 3 aromatic carbocycles. The number of halogens is 2. The standard InChI is InChI=1S/C25H17BrClNO4S2/c26-18-10-11-20(32-14-16-8-4-5-9-19(16)27)17(12-18)13-21-23(29)28(25(33)34-21)22(24(30)31)15-6-2-1-3-7-15/h1-13,22H,14H2,(H,30,31). The van der Waals surface area contributed by atoms with Gasteiger partial charge in [-0.25, -0.2) is 4.79 Å². The van der Waals surface area contributed by atoms with Crippen LogP contribution in [0, 0.1) is 0 Å². The van der Waals surface area contributed by atoms with Crippen LogP contribution in [0.4, 0.5) is 0 Å². The van der Waals surface area contributed by atoms with E-state index in [1.165, 1.54) is 0 Å². The van der Waals surface area contributed by atoms with Crippen LogP contribution in [0.15, 0.2) is 82.2 Å². The number of thiocarbonyl (C=S) groups is 1. The van der Waals surface area contributed by atoms with E-state index in [-0.39, 0.29) is 10.9 Å². The van der Waals surface area contributed by atoms with Crippen LogP contribution >= 0.6 is 51.5 Å². The second-order valence-electron chi connectivity index (χ2n) is 7.27. The van der Waals surface area contributed by atoms with Crippen LogP contribution in [0.1, 0.15) is 22.7 Å². The summed E-state index contributed by atoms with van der Waals surface area (Å²) in [5.74, 6) is -1.08. The minimum atomic E-state index is -1.21. The molecule has 1 unspecified atom stereocenters. The van der Waals surface area contributed by atoms with Crippen molar-refractivity contribution in [1.29, 1.82) is 0 Å². The number of hydrogen-bond donors (Lipinski definition) is 1. The first-order chi connectivity index (χ1) is 16.3. The van der Waals surface area contributed by atoms with Gasteiger partial charge in [0.25, 0.3) is 5.91 Å². The van der Waals surface area contributed by atoms with Crippen molar-refractivity contribution in [2.45, 2.75) is 12.6 Å². The number of carbonyl (C=O) groups excluding carboxylic acids is 1. The van der Waals surface area contributed by atoms with Crippen molar-refractivity contribution in [3.8, 4) is 5.75 Å². The third kappa shape index (κ3) is 5.36. The number of ether oxygens (including phenoxy) is 1. The number of carboxylic acids is 1. The molecule has 1 amide bonds. The summed E-state index contributed by atoms with van der Waals surface area (Å²) in [6.07, 6.45) is 1.66. The Bertz CT molecular complexity index is 1300. The van der Waals surface area contributed by atoms with Crippen molar-refractivity contribution in [2.24, 2.45) is 0 Å². The number of amides is 1. The fourth-order valence-corrected chi connectivity index (χ4v) is 5.29. The molecule has 0 aromatic heterocycles. The zero-order valence-corrected chi connectivity index (χ0v) is 21.5. The number of aliphatic carboxylic acids is 1. The smallest absolute Gasteiger partial charge is 0.331 e. The average molecular weight is 575 g/mol. The van der Waals surface area contributed by atoms with Gasteiger partial charge in [0.1, 0.15) is 16.7 Å². The number of carboxylic acid groups (broad SMARTS) is 1. The summed E-state index contributed by atoms with van der Waals surface area (Å²) < 4.78 is 6.98. The number of benzene rings is 3. The highest BCUT2D eigenvalue weighted by Crippen LogP contribution is 2.39. The van der Waals surface area contributed by atoms with E-state index >= 15 is 0 Å². The van der Waals surface area contributed by atoms with E-state index in [0.717, 1.165) is 26.7 Å². The lowest BCUT2D eigenvalue weighted by Crippen LogP contribution is -2.37. The molecule has 1 fully saturated rings. The first-order valence-corrected chi connectivity index (χ1v) is 12.5. The van der Waals surface area contributed by atoms with Crippen molar-refractivity contribution >= 4 is 73.8 Å². The van der Waals surface area contributed by atoms with Crippen LogP contribution in [-0.2, 0) is 16.2 Å². The van der Waals surface area contributed by atoms with Crippen molar-refractivity contribution in [3.63, 3.8) is 0 Å². The van der Waals surface area contributed by atoms with Crippen LogP contribution in [0.3, 0.4) is 0 Å². The van der Waals surface area contributed by atoms with Gasteiger partial charge in [0, 0.05) is 20.6 Å². The number of thioether (sulfide) groups is 1. The Morgan fingerprint density at radius 2 is 1.85 bits per heavy atom. The second-order valence-corrected chi connectivity index (χ2v) is 10.3. The SMILES string of the molecule is O=C(O)C(c1ccccc1)N1C(=O)C(=Cc2cc(Br)ccc2OCc2ccccc2Cl)SC1=S. The van der Waals surface area contributed by atoms with E-state index in [1.807, 2.05) is 30.3 Å². The monoisotopic (exact) mass is 573 g/mol. The Labute approximate surface area is 219 Å². The summed E-state index contributed by atoms with van der Waals surface area (Å²) in [5.41, 5.74) is 1.95. The first kappa shape index (κ1) is 24.5. The van der Waals surface area contributed by atoms with Gasteiger partial charge in [-0.15, -0.1) is 0 Å². The van der Waals surface area contributed by atoms with E-state index in [2.05, 4.69) is 15.9 Å².